The van der Waals surface area contributed by atoms with Gasteiger partial charge in [-0.15, -0.1) is 0 Å². The SMILES string of the molecule is O=C(CSc1nc2ccccc2n1Cc1ccc(Cl)cc1)N/N=C/c1ccccc1Cl. The Morgan fingerprint density at radius 2 is 1.77 bits per heavy atom. The number of hydrogen-bond donors (Lipinski definition) is 1. The van der Waals surface area contributed by atoms with Gasteiger partial charge in [-0.25, -0.2) is 10.4 Å². The number of aromatic nitrogens is 2. The van der Waals surface area contributed by atoms with Crippen molar-refractivity contribution in [3.05, 3.63) is 94.0 Å². The largest absolute Gasteiger partial charge is 0.314 e. The first-order valence-electron chi connectivity index (χ1n) is 9.49. The first-order valence-corrected chi connectivity index (χ1v) is 11.2. The first kappa shape index (κ1) is 21.4. The van der Waals surface area contributed by atoms with Crippen LogP contribution in [0.15, 0.2) is 83.1 Å². The number of nitrogens with zero attached hydrogens (tertiary/aromatic N) is 3. The van der Waals surface area contributed by atoms with E-state index in [9.17, 15) is 4.79 Å². The van der Waals surface area contributed by atoms with E-state index < -0.39 is 0 Å². The van der Waals surface area contributed by atoms with Gasteiger partial charge in [-0.05, 0) is 35.9 Å². The van der Waals surface area contributed by atoms with Crippen LogP contribution in [-0.2, 0) is 11.3 Å². The van der Waals surface area contributed by atoms with Crippen molar-refractivity contribution in [2.24, 2.45) is 5.10 Å². The third-order valence-electron chi connectivity index (χ3n) is 4.50. The number of halogens is 2. The Hall–Kier alpha value is -2.80. The van der Waals surface area contributed by atoms with Gasteiger partial charge < -0.3 is 4.57 Å². The molecular formula is C23H18Cl2N4OS. The van der Waals surface area contributed by atoms with Crippen LogP contribution >= 0.6 is 35.0 Å². The van der Waals surface area contributed by atoms with E-state index in [-0.39, 0.29) is 11.7 Å². The van der Waals surface area contributed by atoms with Crippen molar-refractivity contribution in [1.82, 2.24) is 15.0 Å². The predicted octanol–water partition coefficient (Wildman–Crippen LogP) is 5.63. The topological polar surface area (TPSA) is 59.3 Å². The molecule has 8 heteroatoms. The molecule has 31 heavy (non-hydrogen) atoms. The summed E-state index contributed by atoms with van der Waals surface area (Å²) < 4.78 is 2.10. The standard InChI is InChI=1S/C23H18Cl2N4OS/c24-18-11-9-16(10-12-18)14-29-21-8-4-3-7-20(21)27-23(29)31-15-22(30)28-26-13-17-5-1-2-6-19(17)25/h1-13H,14-15H2,(H,28,30)/b26-13+. The van der Waals surface area contributed by atoms with Crippen molar-refractivity contribution in [2.75, 3.05) is 5.75 Å². The highest BCUT2D eigenvalue weighted by molar-refractivity contribution is 7.99. The van der Waals surface area contributed by atoms with Crippen LogP contribution in [-0.4, -0.2) is 27.4 Å². The van der Waals surface area contributed by atoms with Crippen LogP contribution in [0.1, 0.15) is 11.1 Å². The summed E-state index contributed by atoms with van der Waals surface area (Å²) in [5.41, 5.74) is 6.27. The van der Waals surface area contributed by atoms with Crippen molar-refractivity contribution in [3.8, 4) is 0 Å². The van der Waals surface area contributed by atoms with Crippen LogP contribution in [0, 0.1) is 0 Å². The van der Waals surface area contributed by atoms with Crippen LogP contribution < -0.4 is 5.43 Å². The highest BCUT2D eigenvalue weighted by Crippen LogP contribution is 2.25. The maximum absolute atomic E-state index is 12.3. The number of thioether (sulfide) groups is 1. The molecule has 3 aromatic carbocycles. The molecule has 1 amide bonds. The predicted molar refractivity (Wildman–Crippen MR) is 128 cm³/mol. The molecule has 1 N–H and O–H groups in total. The lowest BCUT2D eigenvalue weighted by Gasteiger charge is -2.09. The molecule has 0 aliphatic carbocycles. The molecule has 0 bridgehead atoms. The van der Waals surface area contributed by atoms with Gasteiger partial charge in [0.15, 0.2) is 5.16 Å². The lowest BCUT2D eigenvalue weighted by Crippen LogP contribution is -2.20. The molecule has 1 aromatic heterocycles. The fourth-order valence-electron chi connectivity index (χ4n) is 3.00. The molecule has 4 rings (SSSR count). The minimum atomic E-state index is -0.224. The number of hydrazone groups is 1. The number of carbonyl (C=O) groups excluding carboxylic acids is 1. The van der Waals surface area contributed by atoms with E-state index in [1.54, 1.807) is 6.07 Å². The average Bonchev–Trinajstić information content (AvgIpc) is 3.12. The van der Waals surface area contributed by atoms with Crippen molar-refractivity contribution in [1.29, 1.82) is 0 Å². The summed E-state index contributed by atoms with van der Waals surface area (Å²) >= 11 is 13.5. The van der Waals surface area contributed by atoms with E-state index in [1.807, 2.05) is 66.7 Å². The summed E-state index contributed by atoms with van der Waals surface area (Å²) in [6.07, 6.45) is 1.53. The zero-order valence-electron chi connectivity index (χ0n) is 16.3. The smallest absolute Gasteiger partial charge is 0.250 e. The second kappa shape index (κ2) is 10.0. The maximum atomic E-state index is 12.3. The fourth-order valence-corrected chi connectivity index (χ4v) is 4.12. The third-order valence-corrected chi connectivity index (χ3v) is 6.08. The highest BCUT2D eigenvalue weighted by atomic mass is 35.5. The lowest BCUT2D eigenvalue weighted by atomic mass is 10.2. The van der Waals surface area contributed by atoms with Crippen LogP contribution in [0.4, 0.5) is 0 Å². The molecular weight excluding hydrogens is 451 g/mol. The van der Waals surface area contributed by atoms with Gasteiger partial charge in [-0.1, -0.05) is 77.4 Å². The molecule has 0 aliphatic rings. The first-order chi connectivity index (χ1) is 15.1. The summed E-state index contributed by atoms with van der Waals surface area (Å²) in [7, 11) is 0. The molecule has 156 valence electrons. The summed E-state index contributed by atoms with van der Waals surface area (Å²) in [6, 6.07) is 22.9. The zero-order valence-corrected chi connectivity index (χ0v) is 18.7. The van der Waals surface area contributed by atoms with Gasteiger partial charge in [0.2, 0.25) is 0 Å². The summed E-state index contributed by atoms with van der Waals surface area (Å²) in [5.74, 6) is -0.0394. The second-order valence-electron chi connectivity index (χ2n) is 6.70. The van der Waals surface area contributed by atoms with Crippen molar-refractivity contribution < 1.29 is 4.79 Å². The monoisotopic (exact) mass is 468 g/mol. The normalized spacial score (nSPS) is 11.3. The van der Waals surface area contributed by atoms with Crippen molar-refractivity contribution in [3.63, 3.8) is 0 Å². The number of amides is 1. The molecule has 0 fully saturated rings. The van der Waals surface area contributed by atoms with Gasteiger partial charge in [0.1, 0.15) is 0 Å². The molecule has 0 atom stereocenters. The Balaban J connectivity index is 1.46. The molecule has 0 aliphatic heterocycles. The van der Waals surface area contributed by atoms with E-state index in [4.69, 9.17) is 28.2 Å². The number of imidazole rings is 1. The zero-order chi connectivity index (χ0) is 21.6. The Labute approximate surface area is 194 Å². The van der Waals surface area contributed by atoms with Crippen LogP contribution in [0.5, 0.6) is 0 Å². The number of carbonyl (C=O) groups is 1. The lowest BCUT2D eigenvalue weighted by molar-refractivity contribution is -0.118. The molecule has 0 unspecified atom stereocenters. The molecule has 0 saturated carbocycles. The van der Waals surface area contributed by atoms with E-state index in [0.717, 1.165) is 27.3 Å². The van der Waals surface area contributed by atoms with Crippen molar-refractivity contribution >= 4 is 58.1 Å². The van der Waals surface area contributed by atoms with Gasteiger partial charge in [-0.3, -0.25) is 4.79 Å². The van der Waals surface area contributed by atoms with Gasteiger partial charge in [-0.2, -0.15) is 5.10 Å². The Morgan fingerprint density at radius 1 is 1.03 bits per heavy atom. The van der Waals surface area contributed by atoms with Gasteiger partial charge in [0.25, 0.3) is 5.91 Å². The quantitative estimate of drug-likeness (QED) is 0.217. The summed E-state index contributed by atoms with van der Waals surface area (Å²) in [4.78, 5) is 17.0. The third kappa shape index (κ3) is 5.47. The van der Waals surface area contributed by atoms with Crippen LogP contribution in [0.3, 0.4) is 0 Å². The molecule has 4 aromatic rings. The Kier molecular flexibility index (Phi) is 6.92. The number of nitrogens with one attached hydrogen (secondary N) is 1. The number of benzene rings is 3. The number of fused-ring (bicyclic) bond motifs is 1. The number of hydrogen-bond acceptors (Lipinski definition) is 4. The van der Waals surface area contributed by atoms with E-state index in [0.29, 0.717) is 16.6 Å². The van der Waals surface area contributed by atoms with Gasteiger partial charge in [0, 0.05) is 15.6 Å². The summed E-state index contributed by atoms with van der Waals surface area (Å²) in [6.45, 7) is 0.631. The summed E-state index contributed by atoms with van der Waals surface area (Å²) in [5, 5.41) is 6.03. The van der Waals surface area contributed by atoms with Crippen LogP contribution in [0.2, 0.25) is 10.0 Å². The second-order valence-corrected chi connectivity index (χ2v) is 8.49. The molecule has 5 nitrogen and oxygen atoms in total. The highest BCUT2D eigenvalue weighted by Gasteiger charge is 2.13. The van der Waals surface area contributed by atoms with Gasteiger partial charge >= 0.3 is 0 Å². The molecule has 1 heterocycles. The van der Waals surface area contributed by atoms with Crippen LogP contribution in [0.25, 0.3) is 11.0 Å². The van der Waals surface area contributed by atoms with Crippen molar-refractivity contribution in [2.45, 2.75) is 11.7 Å². The Bertz CT molecular complexity index is 1240. The van der Waals surface area contributed by atoms with E-state index in [1.165, 1.54) is 18.0 Å². The van der Waals surface area contributed by atoms with E-state index in [2.05, 4.69) is 15.1 Å². The fraction of sp³-hybridized carbons (Fsp3) is 0.0870. The minimum absolute atomic E-state index is 0.184. The van der Waals surface area contributed by atoms with Gasteiger partial charge in [0.05, 0.1) is 29.5 Å². The Morgan fingerprint density at radius 3 is 2.58 bits per heavy atom. The molecule has 0 saturated heterocycles. The maximum Gasteiger partial charge on any atom is 0.250 e. The number of para-hydroxylation sites is 2. The minimum Gasteiger partial charge on any atom is -0.314 e. The number of rotatable bonds is 7. The average molecular weight is 469 g/mol. The molecule has 0 spiro atoms. The molecule has 0 radical (unpaired) electrons. The van der Waals surface area contributed by atoms with E-state index >= 15 is 0 Å².